The molecule has 2 heterocycles. The summed E-state index contributed by atoms with van der Waals surface area (Å²) in [6.07, 6.45) is 0. The zero-order chi connectivity index (χ0) is 20.3. The topological polar surface area (TPSA) is 68.3 Å². The maximum Gasteiger partial charge on any atom is 0.287 e. The van der Waals surface area contributed by atoms with Crippen molar-refractivity contribution in [3.63, 3.8) is 0 Å². The van der Waals surface area contributed by atoms with Crippen molar-refractivity contribution in [1.29, 1.82) is 0 Å². The van der Waals surface area contributed by atoms with Crippen LogP contribution in [0.2, 0.25) is 0 Å². The number of nitrogens with one attached hydrogen (secondary N) is 1. The number of benzene rings is 3. The van der Waals surface area contributed by atoms with Crippen LogP contribution in [0.5, 0.6) is 0 Å². The van der Waals surface area contributed by atoms with Gasteiger partial charge >= 0.3 is 0 Å². The van der Waals surface area contributed by atoms with Gasteiger partial charge < -0.3 is 14.3 Å². The maximum atomic E-state index is 12.4. The van der Waals surface area contributed by atoms with Gasteiger partial charge in [0.25, 0.3) is 5.91 Å². The number of fused-ring (bicyclic) bond motifs is 1. The molecule has 5 aromatic rings. The van der Waals surface area contributed by atoms with Gasteiger partial charge in [-0.15, -0.1) is 0 Å². The van der Waals surface area contributed by atoms with E-state index in [0.717, 1.165) is 22.1 Å². The third kappa shape index (κ3) is 3.61. The van der Waals surface area contributed by atoms with E-state index in [-0.39, 0.29) is 18.2 Å². The number of aromatic nitrogens is 1. The normalized spacial score (nSPS) is 10.9. The van der Waals surface area contributed by atoms with Crippen LogP contribution in [-0.2, 0) is 6.54 Å². The number of nitrogens with zero attached hydrogens (tertiary/aromatic N) is 1. The highest BCUT2D eigenvalue weighted by atomic mass is 16.5. The van der Waals surface area contributed by atoms with Gasteiger partial charge in [-0.3, -0.25) is 4.79 Å². The Morgan fingerprint density at radius 1 is 0.800 bits per heavy atom. The molecular weight excluding hydrogens is 376 g/mol. The Balaban J connectivity index is 1.26. The quantitative estimate of drug-likeness (QED) is 0.416. The summed E-state index contributed by atoms with van der Waals surface area (Å²) in [5.74, 6) is 0.641. The molecule has 0 spiro atoms. The molecule has 1 N–H and O–H groups in total. The molecule has 5 rings (SSSR count). The smallest absolute Gasteiger partial charge is 0.287 e. The first-order chi connectivity index (χ1) is 14.8. The van der Waals surface area contributed by atoms with E-state index in [1.165, 1.54) is 0 Å². The monoisotopic (exact) mass is 394 g/mol. The summed E-state index contributed by atoms with van der Waals surface area (Å²) in [6, 6.07) is 29.4. The zero-order valence-electron chi connectivity index (χ0n) is 16.0. The lowest BCUT2D eigenvalue weighted by atomic mass is 10.0. The Morgan fingerprint density at radius 2 is 1.50 bits per heavy atom. The van der Waals surface area contributed by atoms with Gasteiger partial charge in [0.15, 0.2) is 11.5 Å². The molecule has 0 fully saturated rings. The minimum absolute atomic E-state index is 0.251. The molecule has 5 heteroatoms. The molecule has 0 saturated heterocycles. The van der Waals surface area contributed by atoms with Crippen molar-refractivity contribution in [3.8, 4) is 22.5 Å². The van der Waals surface area contributed by atoms with Crippen molar-refractivity contribution < 1.29 is 13.7 Å². The van der Waals surface area contributed by atoms with Crippen molar-refractivity contribution in [2.24, 2.45) is 0 Å². The molecule has 2 aromatic heterocycles. The Hall–Kier alpha value is -4.12. The van der Waals surface area contributed by atoms with Gasteiger partial charge in [0.05, 0.1) is 6.54 Å². The molecule has 0 radical (unpaired) electrons. The SMILES string of the molecule is O=C(NCc1cc(-c2ccc(-c3ccccc3)cc2)on1)c1cc2ccccc2o1. The number of para-hydroxylation sites is 1. The highest BCUT2D eigenvalue weighted by Crippen LogP contribution is 2.25. The Morgan fingerprint density at radius 3 is 2.30 bits per heavy atom. The molecular formula is C25H18N2O3. The molecule has 1 amide bonds. The van der Waals surface area contributed by atoms with Gasteiger partial charge in [0.2, 0.25) is 0 Å². The number of hydrogen-bond acceptors (Lipinski definition) is 4. The Bertz CT molecular complexity index is 1270. The highest BCUT2D eigenvalue weighted by Gasteiger charge is 2.13. The van der Waals surface area contributed by atoms with E-state index in [9.17, 15) is 4.79 Å². The molecule has 0 atom stereocenters. The molecule has 30 heavy (non-hydrogen) atoms. The van der Waals surface area contributed by atoms with E-state index in [2.05, 4.69) is 34.7 Å². The molecule has 0 aliphatic heterocycles. The first-order valence-corrected chi connectivity index (χ1v) is 9.64. The number of rotatable bonds is 5. The molecule has 146 valence electrons. The predicted molar refractivity (Wildman–Crippen MR) is 115 cm³/mol. The largest absolute Gasteiger partial charge is 0.451 e. The molecule has 0 aliphatic rings. The highest BCUT2D eigenvalue weighted by molar-refractivity contribution is 5.96. The summed E-state index contributed by atoms with van der Waals surface area (Å²) in [5.41, 5.74) is 4.55. The molecule has 0 unspecified atom stereocenters. The summed E-state index contributed by atoms with van der Waals surface area (Å²) in [4.78, 5) is 12.4. The van der Waals surface area contributed by atoms with Crippen LogP contribution in [0.15, 0.2) is 99.9 Å². The van der Waals surface area contributed by atoms with Gasteiger partial charge in [0, 0.05) is 17.0 Å². The van der Waals surface area contributed by atoms with Crippen LogP contribution in [0.4, 0.5) is 0 Å². The van der Waals surface area contributed by atoms with Crippen molar-refractivity contribution >= 4 is 16.9 Å². The lowest BCUT2D eigenvalue weighted by Gasteiger charge is -2.02. The predicted octanol–water partition coefficient (Wildman–Crippen LogP) is 5.68. The lowest BCUT2D eigenvalue weighted by Crippen LogP contribution is -2.22. The van der Waals surface area contributed by atoms with Crippen LogP contribution in [0.25, 0.3) is 33.4 Å². The standard InChI is InChI=1S/C25H18N2O3/c28-25(24-14-20-8-4-5-9-22(20)29-24)26-16-21-15-23(30-27-21)19-12-10-18(11-13-19)17-6-2-1-3-7-17/h1-15H,16H2,(H,26,28). The van der Waals surface area contributed by atoms with Crippen LogP contribution >= 0.6 is 0 Å². The number of carbonyl (C=O) groups excluding carboxylic acids is 1. The van der Waals surface area contributed by atoms with E-state index < -0.39 is 0 Å². The third-order valence-electron chi connectivity index (χ3n) is 4.91. The van der Waals surface area contributed by atoms with Crippen LogP contribution in [0, 0.1) is 0 Å². The second-order valence-corrected chi connectivity index (χ2v) is 6.96. The van der Waals surface area contributed by atoms with E-state index in [1.807, 2.05) is 60.7 Å². The minimum Gasteiger partial charge on any atom is -0.451 e. The second kappa shape index (κ2) is 7.72. The van der Waals surface area contributed by atoms with E-state index in [4.69, 9.17) is 8.94 Å². The van der Waals surface area contributed by atoms with Gasteiger partial charge in [-0.2, -0.15) is 0 Å². The number of hydrogen-bond donors (Lipinski definition) is 1. The molecule has 0 aliphatic carbocycles. The maximum absolute atomic E-state index is 12.4. The zero-order valence-corrected chi connectivity index (χ0v) is 16.0. The fourth-order valence-corrected chi connectivity index (χ4v) is 3.34. The van der Waals surface area contributed by atoms with Crippen LogP contribution < -0.4 is 5.32 Å². The first kappa shape index (κ1) is 17.9. The van der Waals surface area contributed by atoms with E-state index in [0.29, 0.717) is 17.0 Å². The van der Waals surface area contributed by atoms with Crippen molar-refractivity contribution in [3.05, 3.63) is 102 Å². The van der Waals surface area contributed by atoms with Crippen molar-refractivity contribution in [2.45, 2.75) is 6.54 Å². The molecule has 3 aromatic carbocycles. The van der Waals surface area contributed by atoms with E-state index >= 15 is 0 Å². The minimum atomic E-state index is -0.289. The first-order valence-electron chi connectivity index (χ1n) is 9.64. The van der Waals surface area contributed by atoms with Crippen LogP contribution in [0.3, 0.4) is 0 Å². The third-order valence-corrected chi connectivity index (χ3v) is 4.91. The summed E-state index contributed by atoms with van der Waals surface area (Å²) < 4.78 is 11.0. The Kier molecular flexibility index (Phi) is 4.62. The van der Waals surface area contributed by atoms with Crippen LogP contribution in [-0.4, -0.2) is 11.1 Å². The summed E-state index contributed by atoms with van der Waals surface area (Å²) in [5, 5.41) is 7.77. The molecule has 0 saturated carbocycles. The van der Waals surface area contributed by atoms with Crippen molar-refractivity contribution in [2.75, 3.05) is 0 Å². The van der Waals surface area contributed by atoms with Crippen LogP contribution in [0.1, 0.15) is 16.2 Å². The lowest BCUT2D eigenvalue weighted by molar-refractivity contribution is 0.0924. The average molecular weight is 394 g/mol. The van der Waals surface area contributed by atoms with Crippen molar-refractivity contribution in [1.82, 2.24) is 10.5 Å². The number of carbonyl (C=O) groups is 1. The van der Waals surface area contributed by atoms with Gasteiger partial charge in [-0.25, -0.2) is 0 Å². The summed E-state index contributed by atoms with van der Waals surface area (Å²) in [7, 11) is 0. The fraction of sp³-hybridized carbons (Fsp3) is 0.0400. The van der Waals surface area contributed by atoms with Gasteiger partial charge in [0.1, 0.15) is 11.3 Å². The van der Waals surface area contributed by atoms with Gasteiger partial charge in [-0.1, -0.05) is 78.0 Å². The fourth-order valence-electron chi connectivity index (χ4n) is 3.34. The average Bonchev–Trinajstić information content (AvgIpc) is 3.45. The summed E-state index contributed by atoms with van der Waals surface area (Å²) in [6.45, 7) is 0.251. The summed E-state index contributed by atoms with van der Waals surface area (Å²) >= 11 is 0. The number of furan rings is 1. The van der Waals surface area contributed by atoms with E-state index in [1.54, 1.807) is 6.07 Å². The Labute approximate surface area is 172 Å². The molecule has 0 bridgehead atoms. The van der Waals surface area contributed by atoms with Gasteiger partial charge in [-0.05, 0) is 23.3 Å². The second-order valence-electron chi connectivity index (χ2n) is 6.96. The number of amides is 1. The molecule has 5 nitrogen and oxygen atoms in total.